The van der Waals surface area contributed by atoms with Crippen molar-refractivity contribution in [2.75, 3.05) is 25.0 Å². The summed E-state index contributed by atoms with van der Waals surface area (Å²) in [7, 11) is -2.10. The van der Waals surface area contributed by atoms with E-state index in [2.05, 4.69) is 10.0 Å². The normalized spacial score (nSPS) is 14.3. The smallest absolute Gasteiger partial charge is 0.475 e. The summed E-state index contributed by atoms with van der Waals surface area (Å²) < 4.78 is 65.2. The quantitative estimate of drug-likeness (QED) is 0.446. The topological polar surface area (TPSA) is 122 Å². The number of aryl methyl sites for hydroxylation is 3. The first kappa shape index (κ1) is 29.1. The lowest BCUT2D eigenvalue weighted by Crippen LogP contribution is -2.36. The minimum atomic E-state index is -5.08. The number of halogens is 3. The summed E-state index contributed by atoms with van der Waals surface area (Å²) in [6.07, 6.45) is -3.50. The van der Waals surface area contributed by atoms with E-state index in [0.717, 1.165) is 35.1 Å². The number of carbonyl (C=O) groups excluding carboxylic acids is 1. The van der Waals surface area contributed by atoms with Crippen LogP contribution in [0, 0.1) is 20.8 Å². The van der Waals surface area contributed by atoms with E-state index in [1.807, 2.05) is 31.2 Å². The predicted octanol–water partition coefficient (Wildman–Crippen LogP) is 3.84. The lowest BCUT2D eigenvalue weighted by atomic mass is 9.95. The van der Waals surface area contributed by atoms with Gasteiger partial charge in [0.15, 0.2) is 0 Å². The average molecular weight is 531 g/mol. The second kappa shape index (κ2) is 11.3. The highest BCUT2D eigenvalue weighted by molar-refractivity contribution is 7.92. The van der Waals surface area contributed by atoms with Crippen molar-refractivity contribution in [1.29, 1.82) is 0 Å². The van der Waals surface area contributed by atoms with Gasteiger partial charge in [0.1, 0.15) is 0 Å². The molecule has 0 spiro atoms. The van der Waals surface area contributed by atoms with E-state index in [0.29, 0.717) is 23.7 Å². The number of amides is 1. The van der Waals surface area contributed by atoms with Crippen LogP contribution in [0.1, 0.15) is 35.1 Å². The molecule has 3 rings (SSSR count). The highest BCUT2D eigenvalue weighted by atomic mass is 32.2. The molecule has 1 aliphatic rings. The molecular formula is C24H29F3N2O6S. The summed E-state index contributed by atoms with van der Waals surface area (Å²) in [5, 5.41) is 10.0. The number of carboxylic acid groups (broad SMARTS) is 1. The van der Waals surface area contributed by atoms with Gasteiger partial charge < -0.3 is 15.2 Å². The maximum Gasteiger partial charge on any atom is 0.490 e. The lowest BCUT2D eigenvalue weighted by Gasteiger charge is -2.17. The van der Waals surface area contributed by atoms with E-state index in [9.17, 15) is 26.4 Å². The van der Waals surface area contributed by atoms with Crippen LogP contribution >= 0.6 is 0 Å². The highest BCUT2D eigenvalue weighted by Gasteiger charge is 2.51. The molecule has 0 radical (unpaired) electrons. The van der Waals surface area contributed by atoms with Gasteiger partial charge in [-0.2, -0.15) is 13.2 Å². The molecule has 36 heavy (non-hydrogen) atoms. The van der Waals surface area contributed by atoms with E-state index in [1.165, 1.54) is 0 Å². The van der Waals surface area contributed by atoms with Crippen molar-refractivity contribution >= 4 is 27.6 Å². The number of hydrogen-bond donors (Lipinski definition) is 3. The zero-order valence-corrected chi connectivity index (χ0v) is 21.1. The van der Waals surface area contributed by atoms with E-state index in [1.54, 1.807) is 33.1 Å². The Hall–Kier alpha value is -3.12. The van der Waals surface area contributed by atoms with Crippen molar-refractivity contribution in [2.45, 2.75) is 50.1 Å². The zero-order chi connectivity index (χ0) is 27.3. The second-order valence-corrected chi connectivity index (χ2v) is 10.2. The van der Waals surface area contributed by atoms with Gasteiger partial charge in [0.25, 0.3) is 10.0 Å². The Morgan fingerprint density at radius 1 is 1.06 bits per heavy atom. The Bertz CT molecular complexity index is 1180. The fourth-order valence-electron chi connectivity index (χ4n) is 3.86. The van der Waals surface area contributed by atoms with Crippen LogP contribution in [0.25, 0.3) is 0 Å². The zero-order valence-electron chi connectivity index (χ0n) is 20.3. The third kappa shape index (κ3) is 7.20. The van der Waals surface area contributed by atoms with Crippen molar-refractivity contribution in [3.63, 3.8) is 0 Å². The maximum atomic E-state index is 12.9. The Kier molecular flexibility index (Phi) is 9.13. The molecule has 1 saturated carbocycles. The minimum Gasteiger partial charge on any atom is -0.475 e. The Labute approximate surface area is 207 Å². The van der Waals surface area contributed by atoms with Gasteiger partial charge in [-0.05, 0) is 62.4 Å². The monoisotopic (exact) mass is 530 g/mol. The van der Waals surface area contributed by atoms with Gasteiger partial charge in [-0.3, -0.25) is 9.52 Å². The fourth-order valence-corrected chi connectivity index (χ4v) is 5.38. The standard InChI is InChI=1S/C22H28N2O4S.C2HF3O2/c1-15-13-16(2)20(17(3)14-15)29(26,27)24-19-7-5-18(6-8-19)22(9-10-22)21(25)23-11-12-28-4;3-2(4,5)1(6)7/h5-8,13-14,24H,9-12H2,1-4H3,(H,23,25);(H,6,7). The molecule has 8 nitrogen and oxygen atoms in total. The molecule has 3 N–H and O–H groups in total. The first-order chi connectivity index (χ1) is 16.6. The van der Waals surface area contributed by atoms with Crippen LogP contribution < -0.4 is 10.0 Å². The maximum absolute atomic E-state index is 12.9. The predicted molar refractivity (Wildman–Crippen MR) is 127 cm³/mol. The van der Waals surface area contributed by atoms with Crippen molar-refractivity contribution in [3.05, 3.63) is 58.7 Å². The largest absolute Gasteiger partial charge is 0.490 e. The molecule has 198 valence electrons. The van der Waals surface area contributed by atoms with Crippen molar-refractivity contribution in [1.82, 2.24) is 5.32 Å². The number of methoxy groups -OCH3 is 1. The van der Waals surface area contributed by atoms with Gasteiger partial charge in [0.2, 0.25) is 5.91 Å². The second-order valence-electron chi connectivity index (χ2n) is 8.54. The minimum absolute atomic E-state index is 0.00575. The number of ether oxygens (including phenoxy) is 1. The molecule has 0 aromatic heterocycles. The van der Waals surface area contributed by atoms with E-state index < -0.39 is 27.6 Å². The van der Waals surface area contributed by atoms with Crippen molar-refractivity contribution in [2.24, 2.45) is 0 Å². The molecule has 1 aliphatic carbocycles. The molecule has 2 aromatic carbocycles. The van der Waals surface area contributed by atoms with Crippen LogP contribution in [0.5, 0.6) is 0 Å². The first-order valence-electron chi connectivity index (χ1n) is 10.9. The number of rotatable bonds is 8. The number of carbonyl (C=O) groups is 2. The number of hydrogen-bond acceptors (Lipinski definition) is 5. The number of sulfonamides is 1. The highest BCUT2D eigenvalue weighted by Crippen LogP contribution is 2.48. The molecule has 0 saturated heterocycles. The summed E-state index contributed by atoms with van der Waals surface area (Å²) in [5.74, 6) is -2.76. The fraction of sp³-hybridized carbons (Fsp3) is 0.417. The summed E-state index contributed by atoms with van der Waals surface area (Å²) in [6, 6.07) is 10.8. The third-order valence-electron chi connectivity index (χ3n) is 5.58. The molecule has 0 aliphatic heterocycles. The van der Waals surface area contributed by atoms with Crippen molar-refractivity contribution in [3.8, 4) is 0 Å². The van der Waals surface area contributed by atoms with Crippen LogP contribution in [0.15, 0.2) is 41.3 Å². The van der Waals surface area contributed by atoms with E-state index in [-0.39, 0.29) is 5.91 Å². The number of carboxylic acids is 1. The number of anilines is 1. The van der Waals surface area contributed by atoms with Gasteiger partial charge in [0, 0.05) is 19.3 Å². The first-order valence-corrected chi connectivity index (χ1v) is 12.4. The molecule has 1 fully saturated rings. The third-order valence-corrected chi connectivity index (χ3v) is 7.27. The molecule has 0 heterocycles. The number of nitrogens with one attached hydrogen (secondary N) is 2. The number of alkyl halides is 3. The van der Waals surface area contributed by atoms with Crippen LogP contribution in [0.4, 0.5) is 18.9 Å². The molecule has 0 atom stereocenters. The summed E-state index contributed by atoms with van der Waals surface area (Å²) in [5.41, 5.74) is 3.34. The number of benzene rings is 2. The molecule has 1 amide bonds. The van der Waals surface area contributed by atoms with Gasteiger partial charge in [-0.25, -0.2) is 13.2 Å². The Morgan fingerprint density at radius 2 is 1.56 bits per heavy atom. The Morgan fingerprint density at radius 3 is 1.97 bits per heavy atom. The molecule has 12 heteroatoms. The molecule has 0 bridgehead atoms. The molecule has 2 aromatic rings. The van der Waals surface area contributed by atoms with Crippen molar-refractivity contribution < 1.29 is 41.0 Å². The molecule has 0 unspecified atom stereocenters. The Balaban J connectivity index is 0.000000572. The van der Waals surface area contributed by atoms with E-state index in [4.69, 9.17) is 14.6 Å². The summed E-state index contributed by atoms with van der Waals surface area (Å²) >= 11 is 0. The van der Waals surface area contributed by atoms with E-state index >= 15 is 0 Å². The summed E-state index contributed by atoms with van der Waals surface area (Å²) in [6.45, 7) is 6.50. The van der Waals surface area contributed by atoms with Crippen LogP contribution in [0.2, 0.25) is 0 Å². The number of aliphatic carboxylic acids is 1. The SMILES string of the molecule is COCCNC(=O)C1(c2ccc(NS(=O)(=O)c3c(C)cc(C)cc3C)cc2)CC1.O=C(O)C(F)(F)F. The van der Waals surface area contributed by atoms with Crippen LogP contribution in [-0.2, 0) is 29.8 Å². The van der Waals surface area contributed by atoms with Crippen LogP contribution in [-0.4, -0.2) is 51.8 Å². The van der Waals surface area contributed by atoms with Crippen LogP contribution in [0.3, 0.4) is 0 Å². The van der Waals surface area contributed by atoms with Gasteiger partial charge in [0.05, 0.1) is 16.9 Å². The average Bonchev–Trinajstić information content (AvgIpc) is 3.55. The lowest BCUT2D eigenvalue weighted by molar-refractivity contribution is -0.192. The van der Waals surface area contributed by atoms with Gasteiger partial charge in [-0.15, -0.1) is 0 Å². The van der Waals surface area contributed by atoms with Gasteiger partial charge >= 0.3 is 12.1 Å². The molecular weight excluding hydrogens is 501 g/mol. The summed E-state index contributed by atoms with van der Waals surface area (Å²) in [4.78, 5) is 21.7. The van der Waals surface area contributed by atoms with Gasteiger partial charge in [-0.1, -0.05) is 29.8 Å².